The van der Waals surface area contributed by atoms with E-state index in [1.807, 2.05) is 63.2 Å². The Bertz CT molecular complexity index is 991. The molecule has 27 heavy (non-hydrogen) atoms. The van der Waals surface area contributed by atoms with Crippen LogP contribution in [0.3, 0.4) is 0 Å². The first-order valence-electron chi connectivity index (χ1n) is 8.91. The van der Waals surface area contributed by atoms with Crippen LogP contribution < -0.4 is 10.6 Å². The van der Waals surface area contributed by atoms with Crippen LogP contribution in [-0.4, -0.2) is 10.6 Å². The molecule has 1 aromatic heterocycles. The summed E-state index contributed by atoms with van der Waals surface area (Å²) in [5, 5.41) is 6.52. The first-order valence-corrected chi connectivity index (χ1v) is 9.29. The second-order valence-corrected chi connectivity index (χ2v) is 7.25. The smallest absolute Gasteiger partial charge is 0.319 e. The Morgan fingerprint density at radius 3 is 2.48 bits per heavy atom. The number of urea groups is 1. The van der Waals surface area contributed by atoms with Crippen molar-refractivity contribution in [2.45, 2.75) is 34.2 Å². The van der Waals surface area contributed by atoms with Gasteiger partial charge < -0.3 is 15.2 Å². The molecule has 0 aliphatic rings. The van der Waals surface area contributed by atoms with Crippen molar-refractivity contribution < 1.29 is 4.79 Å². The molecule has 0 spiro atoms. The summed E-state index contributed by atoms with van der Waals surface area (Å²) in [6.45, 7) is 8.63. The first-order chi connectivity index (χ1) is 12.8. The highest BCUT2D eigenvalue weighted by atomic mass is 35.5. The van der Waals surface area contributed by atoms with E-state index in [0.717, 1.165) is 33.9 Å². The number of benzene rings is 2. The zero-order valence-electron chi connectivity index (χ0n) is 16.1. The van der Waals surface area contributed by atoms with Crippen LogP contribution in [0, 0.1) is 27.7 Å². The number of nitrogens with zero attached hydrogens (tertiary/aromatic N) is 1. The second-order valence-electron chi connectivity index (χ2n) is 6.82. The number of anilines is 1. The topological polar surface area (TPSA) is 46.1 Å². The molecule has 1 heterocycles. The SMILES string of the molecule is Cc1ccc(NC(=O)NCc2cc(C)n(-c3cccc(Cl)c3)c2C)cc1C. The molecule has 4 nitrogen and oxygen atoms in total. The molecule has 2 aromatic carbocycles. The van der Waals surface area contributed by atoms with Crippen molar-refractivity contribution in [3.8, 4) is 5.69 Å². The van der Waals surface area contributed by atoms with Crippen LogP contribution in [0.15, 0.2) is 48.5 Å². The Kier molecular flexibility index (Phi) is 5.57. The van der Waals surface area contributed by atoms with Crippen LogP contribution in [0.4, 0.5) is 10.5 Å². The summed E-state index contributed by atoms with van der Waals surface area (Å²) >= 11 is 6.13. The summed E-state index contributed by atoms with van der Waals surface area (Å²) in [5.41, 5.74) is 7.42. The number of hydrogen-bond donors (Lipinski definition) is 2. The molecule has 5 heteroatoms. The molecule has 3 aromatic rings. The van der Waals surface area contributed by atoms with E-state index in [0.29, 0.717) is 11.6 Å². The van der Waals surface area contributed by atoms with Gasteiger partial charge in [0.25, 0.3) is 0 Å². The molecule has 0 aliphatic heterocycles. The number of hydrogen-bond acceptors (Lipinski definition) is 1. The second kappa shape index (κ2) is 7.89. The predicted molar refractivity (Wildman–Crippen MR) is 112 cm³/mol. The molecule has 0 saturated heterocycles. The maximum absolute atomic E-state index is 12.3. The summed E-state index contributed by atoms with van der Waals surface area (Å²) < 4.78 is 2.14. The van der Waals surface area contributed by atoms with Crippen LogP contribution in [0.1, 0.15) is 28.1 Å². The molecule has 0 radical (unpaired) electrons. The van der Waals surface area contributed by atoms with Gasteiger partial charge in [-0.05, 0) is 80.8 Å². The van der Waals surface area contributed by atoms with Gasteiger partial charge in [-0.25, -0.2) is 4.79 Å². The van der Waals surface area contributed by atoms with E-state index in [4.69, 9.17) is 11.6 Å². The molecule has 3 rings (SSSR count). The monoisotopic (exact) mass is 381 g/mol. The van der Waals surface area contributed by atoms with Gasteiger partial charge in [-0.1, -0.05) is 23.7 Å². The van der Waals surface area contributed by atoms with Gasteiger partial charge in [0, 0.05) is 34.3 Å². The fourth-order valence-electron chi connectivity index (χ4n) is 3.19. The van der Waals surface area contributed by atoms with Crippen molar-refractivity contribution in [3.63, 3.8) is 0 Å². The summed E-state index contributed by atoms with van der Waals surface area (Å²) in [4.78, 5) is 12.3. The minimum absolute atomic E-state index is 0.217. The molecule has 0 saturated carbocycles. The predicted octanol–water partition coefficient (Wildman–Crippen LogP) is 5.69. The Balaban J connectivity index is 1.70. The van der Waals surface area contributed by atoms with Crippen LogP contribution in [0.2, 0.25) is 5.02 Å². The average Bonchev–Trinajstić information content (AvgIpc) is 2.90. The van der Waals surface area contributed by atoms with Gasteiger partial charge in [0.1, 0.15) is 0 Å². The number of amides is 2. The summed E-state index contributed by atoms with van der Waals surface area (Å²) in [6, 6.07) is 15.5. The number of aromatic nitrogens is 1. The quantitative estimate of drug-likeness (QED) is 0.599. The molecule has 140 valence electrons. The number of halogens is 1. The lowest BCUT2D eigenvalue weighted by Crippen LogP contribution is -2.28. The van der Waals surface area contributed by atoms with Crippen molar-refractivity contribution in [1.82, 2.24) is 9.88 Å². The standard InChI is InChI=1S/C22H24ClN3O/c1-14-8-9-20(10-15(14)2)25-22(27)24-13-18-11-16(3)26(17(18)4)21-7-5-6-19(23)12-21/h5-12H,13H2,1-4H3,(H2,24,25,27). The maximum Gasteiger partial charge on any atom is 0.319 e. The van der Waals surface area contributed by atoms with Crippen molar-refractivity contribution in [1.29, 1.82) is 0 Å². The van der Waals surface area contributed by atoms with Crippen molar-refractivity contribution in [2.24, 2.45) is 0 Å². The van der Waals surface area contributed by atoms with E-state index in [-0.39, 0.29) is 6.03 Å². The van der Waals surface area contributed by atoms with Crippen molar-refractivity contribution >= 4 is 23.3 Å². The zero-order chi connectivity index (χ0) is 19.6. The van der Waals surface area contributed by atoms with Gasteiger partial charge in [-0.3, -0.25) is 0 Å². The third-order valence-electron chi connectivity index (χ3n) is 4.81. The molecule has 0 bridgehead atoms. The highest BCUT2D eigenvalue weighted by molar-refractivity contribution is 6.30. The number of aryl methyl sites for hydroxylation is 3. The average molecular weight is 382 g/mol. The van der Waals surface area contributed by atoms with E-state index < -0.39 is 0 Å². The molecule has 2 N–H and O–H groups in total. The van der Waals surface area contributed by atoms with Gasteiger partial charge in [0.05, 0.1) is 0 Å². The summed E-state index contributed by atoms with van der Waals surface area (Å²) in [5.74, 6) is 0. The lowest BCUT2D eigenvalue weighted by atomic mass is 10.1. The minimum Gasteiger partial charge on any atom is -0.334 e. The Morgan fingerprint density at radius 2 is 1.78 bits per heavy atom. The van der Waals surface area contributed by atoms with Gasteiger partial charge in [0.2, 0.25) is 0 Å². The van der Waals surface area contributed by atoms with Crippen molar-refractivity contribution in [3.05, 3.63) is 81.6 Å². The molecule has 0 unspecified atom stereocenters. The first kappa shape index (κ1) is 19.1. The maximum atomic E-state index is 12.3. The summed E-state index contributed by atoms with van der Waals surface area (Å²) in [6.07, 6.45) is 0. The zero-order valence-corrected chi connectivity index (χ0v) is 16.8. The Labute approximate surface area is 165 Å². The van der Waals surface area contributed by atoms with Crippen LogP contribution >= 0.6 is 11.6 Å². The summed E-state index contributed by atoms with van der Waals surface area (Å²) in [7, 11) is 0. The van der Waals surface area contributed by atoms with Gasteiger partial charge in [-0.15, -0.1) is 0 Å². The minimum atomic E-state index is -0.217. The third-order valence-corrected chi connectivity index (χ3v) is 5.04. The lowest BCUT2D eigenvalue weighted by Gasteiger charge is -2.11. The molecule has 0 fully saturated rings. The van der Waals surface area contributed by atoms with E-state index in [1.54, 1.807) is 0 Å². The van der Waals surface area contributed by atoms with Gasteiger partial charge in [0.15, 0.2) is 0 Å². The number of carbonyl (C=O) groups is 1. The van der Waals surface area contributed by atoms with E-state index >= 15 is 0 Å². The molecule has 0 atom stereocenters. The van der Waals surface area contributed by atoms with E-state index in [9.17, 15) is 4.79 Å². The van der Waals surface area contributed by atoms with Crippen molar-refractivity contribution in [2.75, 3.05) is 5.32 Å². The number of carbonyl (C=O) groups excluding carboxylic acids is 1. The fraction of sp³-hybridized carbons (Fsp3) is 0.227. The third kappa shape index (κ3) is 4.34. The molecule has 2 amide bonds. The number of nitrogens with one attached hydrogen (secondary N) is 2. The van der Waals surface area contributed by atoms with Crippen LogP contribution in [0.25, 0.3) is 5.69 Å². The van der Waals surface area contributed by atoms with Crippen LogP contribution in [0.5, 0.6) is 0 Å². The highest BCUT2D eigenvalue weighted by Crippen LogP contribution is 2.23. The Morgan fingerprint density at radius 1 is 1.00 bits per heavy atom. The number of rotatable bonds is 4. The molecular formula is C22H24ClN3O. The largest absolute Gasteiger partial charge is 0.334 e. The normalized spacial score (nSPS) is 10.7. The van der Waals surface area contributed by atoms with E-state index in [1.165, 1.54) is 5.56 Å². The van der Waals surface area contributed by atoms with Gasteiger partial charge >= 0.3 is 6.03 Å². The molecule has 0 aliphatic carbocycles. The molecular weight excluding hydrogens is 358 g/mol. The highest BCUT2D eigenvalue weighted by Gasteiger charge is 2.12. The van der Waals surface area contributed by atoms with Gasteiger partial charge in [-0.2, -0.15) is 0 Å². The van der Waals surface area contributed by atoms with Crippen LogP contribution in [-0.2, 0) is 6.54 Å². The Hall–Kier alpha value is -2.72. The van der Waals surface area contributed by atoms with E-state index in [2.05, 4.69) is 28.2 Å². The lowest BCUT2D eigenvalue weighted by molar-refractivity contribution is 0.251. The fourth-order valence-corrected chi connectivity index (χ4v) is 3.38.